The highest BCUT2D eigenvalue weighted by atomic mass is 16.6. The van der Waals surface area contributed by atoms with Crippen LogP contribution in [0.4, 0.5) is 17.3 Å². The molecule has 1 aliphatic heterocycles. The smallest absolute Gasteiger partial charge is 0.158 e. The van der Waals surface area contributed by atoms with Gasteiger partial charge in [-0.15, -0.1) is 0 Å². The first kappa shape index (κ1) is 17.4. The van der Waals surface area contributed by atoms with E-state index in [9.17, 15) is 10.2 Å². The summed E-state index contributed by atoms with van der Waals surface area (Å²) in [5.41, 5.74) is 12.6. The number of aromatic nitrogens is 4. The Bertz CT molecular complexity index is 683. The van der Waals surface area contributed by atoms with E-state index in [1.54, 1.807) is 12.5 Å². The monoisotopic (exact) mass is 350 g/mol. The van der Waals surface area contributed by atoms with Crippen molar-refractivity contribution in [2.45, 2.75) is 31.0 Å². The van der Waals surface area contributed by atoms with Crippen LogP contribution in [0.2, 0.25) is 0 Å². The summed E-state index contributed by atoms with van der Waals surface area (Å²) in [6, 6.07) is 0. The van der Waals surface area contributed by atoms with Crippen molar-refractivity contribution in [1.29, 1.82) is 0 Å². The van der Waals surface area contributed by atoms with Crippen molar-refractivity contribution in [1.82, 2.24) is 25.3 Å². The Morgan fingerprint density at radius 1 is 1.24 bits per heavy atom. The van der Waals surface area contributed by atoms with Gasteiger partial charge in [-0.05, 0) is 0 Å². The summed E-state index contributed by atoms with van der Waals surface area (Å²) in [6.45, 7) is 1.06. The number of nitrogens with one attached hydrogen (secondary N) is 3. The Morgan fingerprint density at radius 2 is 2.08 bits per heavy atom. The molecule has 0 amide bonds. The first-order chi connectivity index (χ1) is 12.1. The van der Waals surface area contributed by atoms with E-state index in [1.165, 1.54) is 6.33 Å². The van der Waals surface area contributed by atoms with Crippen LogP contribution in [0.1, 0.15) is 5.69 Å². The van der Waals surface area contributed by atoms with Crippen molar-refractivity contribution >= 4 is 17.3 Å². The highest BCUT2D eigenvalue weighted by Gasteiger charge is 2.42. The molecule has 3 heterocycles. The summed E-state index contributed by atoms with van der Waals surface area (Å²) in [5, 5.41) is 26.3. The summed E-state index contributed by atoms with van der Waals surface area (Å²) in [7, 11) is 0. The van der Waals surface area contributed by atoms with E-state index in [-0.39, 0.29) is 17.3 Å². The molecule has 11 heteroatoms. The maximum atomic E-state index is 10.2. The van der Waals surface area contributed by atoms with E-state index in [0.717, 1.165) is 12.1 Å². The van der Waals surface area contributed by atoms with Crippen molar-refractivity contribution in [3.8, 4) is 0 Å². The number of H-pyrrole nitrogens is 1. The van der Waals surface area contributed by atoms with Crippen LogP contribution in [-0.4, -0.2) is 67.8 Å². The highest BCUT2D eigenvalue weighted by molar-refractivity contribution is 5.72. The second kappa shape index (κ2) is 7.61. The van der Waals surface area contributed by atoms with Crippen LogP contribution in [0.15, 0.2) is 18.9 Å². The fourth-order valence-corrected chi connectivity index (χ4v) is 2.58. The molecule has 0 radical (unpaired) electrons. The number of imidazole rings is 1. The lowest BCUT2D eigenvalue weighted by atomic mass is 10.1. The molecule has 0 bridgehead atoms. The lowest BCUT2D eigenvalue weighted by Gasteiger charge is -2.18. The van der Waals surface area contributed by atoms with E-state index in [4.69, 9.17) is 16.2 Å². The van der Waals surface area contributed by atoms with Crippen LogP contribution in [0.3, 0.4) is 0 Å². The lowest BCUT2D eigenvalue weighted by Crippen LogP contribution is -2.39. The molecule has 11 nitrogen and oxygen atoms in total. The van der Waals surface area contributed by atoms with Crippen molar-refractivity contribution in [3.05, 3.63) is 24.5 Å². The molecule has 1 saturated heterocycles. The van der Waals surface area contributed by atoms with Gasteiger partial charge in [0.15, 0.2) is 17.9 Å². The van der Waals surface area contributed by atoms with Gasteiger partial charge >= 0.3 is 0 Å². The number of aromatic amines is 1. The zero-order valence-corrected chi connectivity index (χ0v) is 13.5. The number of ether oxygens (including phenoxy) is 1. The van der Waals surface area contributed by atoms with Crippen molar-refractivity contribution in [3.63, 3.8) is 0 Å². The average molecular weight is 350 g/mol. The molecule has 2 aromatic heterocycles. The number of hydrogen-bond acceptors (Lipinski definition) is 10. The van der Waals surface area contributed by atoms with Crippen molar-refractivity contribution in [2.24, 2.45) is 0 Å². The third kappa shape index (κ3) is 3.96. The highest BCUT2D eigenvalue weighted by Crippen LogP contribution is 2.26. The van der Waals surface area contributed by atoms with Gasteiger partial charge in [0.25, 0.3) is 0 Å². The molecule has 3 rings (SSSR count). The van der Waals surface area contributed by atoms with Gasteiger partial charge in [0.1, 0.15) is 30.3 Å². The molecule has 9 N–H and O–H groups in total. The molecule has 1 fully saturated rings. The predicted octanol–water partition coefficient (Wildman–Crippen LogP) is -1.94. The van der Waals surface area contributed by atoms with Crippen LogP contribution in [0, 0.1) is 0 Å². The fraction of sp³-hybridized carbons (Fsp3) is 0.500. The summed E-state index contributed by atoms with van der Waals surface area (Å²) < 4.78 is 5.67. The Hall–Kier alpha value is -2.47. The average Bonchev–Trinajstić information content (AvgIpc) is 3.20. The number of rotatable bonds is 7. The molecule has 0 saturated carbocycles. The van der Waals surface area contributed by atoms with Crippen molar-refractivity contribution in [2.75, 3.05) is 29.9 Å². The van der Waals surface area contributed by atoms with Crippen LogP contribution in [-0.2, 0) is 11.2 Å². The lowest BCUT2D eigenvalue weighted by molar-refractivity contribution is 0.0196. The Labute approximate surface area is 143 Å². The number of nitrogens with two attached hydrogens (primary N) is 2. The summed E-state index contributed by atoms with van der Waals surface area (Å²) in [6.07, 6.45) is 1.79. The van der Waals surface area contributed by atoms with Crippen LogP contribution < -0.4 is 22.1 Å². The van der Waals surface area contributed by atoms with Crippen LogP contribution >= 0.6 is 0 Å². The SMILES string of the molecule is Nc1ncnc(NC2OC(CNCCc3cnc[nH]3)C(O)C2O)c1N. The Balaban J connectivity index is 1.51. The van der Waals surface area contributed by atoms with Gasteiger partial charge in [0.05, 0.1) is 6.33 Å². The van der Waals surface area contributed by atoms with E-state index in [2.05, 4.69) is 30.6 Å². The maximum Gasteiger partial charge on any atom is 0.158 e. The van der Waals surface area contributed by atoms with Gasteiger partial charge < -0.3 is 42.0 Å². The zero-order chi connectivity index (χ0) is 17.8. The van der Waals surface area contributed by atoms with E-state index in [1.807, 2.05) is 0 Å². The van der Waals surface area contributed by atoms with E-state index in [0.29, 0.717) is 13.1 Å². The van der Waals surface area contributed by atoms with Crippen LogP contribution in [0.25, 0.3) is 0 Å². The zero-order valence-electron chi connectivity index (χ0n) is 13.5. The second-order valence-corrected chi connectivity index (χ2v) is 5.77. The third-order valence-corrected chi connectivity index (χ3v) is 4.03. The minimum Gasteiger partial charge on any atom is -0.393 e. The third-order valence-electron chi connectivity index (χ3n) is 4.03. The minimum atomic E-state index is -1.13. The second-order valence-electron chi connectivity index (χ2n) is 5.77. The topological polar surface area (TPSA) is 180 Å². The molecule has 0 spiro atoms. The number of nitrogen functional groups attached to an aromatic ring is 2. The van der Waals surface area contributed by atoms with E-state index < -0.39 is 24.5 Å². The first-order valence-corrected chi connectivity index (χ1v) is 7.88. The quantitative estimate of drug-likeness (QED) is 0.277. The molecule has 4 atom stereocenters. The summed E-state index contributed by atoms with van der Waals surface area (Å²) >= 11 is 0. The minimum absolute atomic E-state index is 0.127. The van der Waals surface area contributed by atoms with Crippen LogP contribution in [0.5, 0.6) is 0 Å². The molecular formula is C14H22N8O3. The molecule has 2 aromatic rings. The number of hydrogen-bond donors (Lipinski definition) is 7. The molecule has 25 heavy (non-hydrogen) atoms. The number of aliphatic hydroxyl groups is 2. The Morgan fingerprint density at radius 3 is 2.84 bits per heavy atom. The molecule has 0 aromatic carbocycles. The number of aliphatic hydroxyl groups excluding tert-OH is 2. The molecule has 1 aliphatic rings. The summed E-state index contributed by atoms with van der Waals surface area (Å²) in [4.78, 5) is 14.7. The van der Waals surface area contributed by atoms with Crippen molar-refractivity contribution < 1.29 is 14.9 Å². The standard InChI is InChI=1S/C14H22N8O3/c15-9-12(16)20-6-21-13(9)22-14-11(24)10(23)8(25-14)4-17-2-1-7-3-18-5-19-7/h3,5-6,8,10-11,14,17,23-24H,1-2,4,15H2,(H,18,19)(H3,16,20,21,22). The predicted molar refractivity (Wildman–Crippen MR) is 90.3 cm³/mol. The largest absolute Gasteiger partial charge is 0.393 e. The molecule has 0 aliphatic carbocycles. The normalized spacial score (nSPS) is 26.0. The van der Waals surface area contributed by atoms with Gasteiger partial charge in [-0.1, -0.05) is 0 Å². The maximum absolute atomic E-state index is 10.2. The number of anilines is 3. The van der Waals surface area contributed by atoms with Gasteiger partial charge in [0, 0.05) is 31.4 Å². The van der Waals surface area contributed by atoms with Gasteiger partial charge in [-0.25, -0.2) is 15.0 Å². The van der Waals surface area contributed by atoms with E-state index >= 15 is 0 Å². The van der Waals surface area contributed by atoms with Gasteiger partial charge in [-0.2, -0.15) is 0 Å². The summed E-state index contributed by atoms with van der Waals surface area (Å²) in [5.74, 6) is 0.374. The molecule has 136 valence electrons. The first-order valence-electron chi connectivity index (χ1n) is 7.88. The number of nitrogens with zero attached hydrogens (tertiary/aromatic N) is 3. The van der Waals surface area contributed by atoms with Gasteiger partial charge in [-0.3, -0.25) is 0 Å². The Kier molecular flexibility index (Phi) is 5.28. The fourth-order valence-electron chi connectivity index (χ4n) is 2.58. The van der Waals surface area contributed by atoms with Gasteiger partial charge in [0.2, 0.25) is 0 Å². The molecule has 4 unspecified atom stereocenters. The molecular weight excluding hydrogens is 328 g/mol.